The lowest BCUT2D eigenvalue weighted by Gasteiger charge is -2.27. The van der Waals surface area contributed by atoms with Crippen molar-refractivity contribution >= 4 is 11.6 Å². The molecule has 0 aromatic heterocycles. The van der Waals surface area contributed by atoms with Crippen molar-refractivity contribution in [3.8, 4) is 0 Å². The summed E-state index contributed by atoms with van der Waals surface area (Å²) in [5.74, 6) is -0.405. The average Bonchev–Trinajstić information content (AvgIpc) is 2.35. The van der Waals surface area contributed by atoms with Gasteiger partial charge in [-0.3, -0.25) is 4.90 Å². The Morgan fingerprint density at radius 3 is 2.78 bits per heavy atom. The monoisotopic (exact) mass is 274 g/mol. The van der Waals surface area contributed by atoms with E-state index in [9.17, 15) is 4.39 Å². The maximum Gasteiger partial charge on any atom is 0.142 e. The molecule has 3 nitrogen and oxygen atoms in total. The summed E-state index contributed by atoms with van der Waals surface area (Å²) in [5.41, 5.74) is 6.62. The molecule has 2 N–H and O–H groups in total. The zero-order chi connectivity index (χ0) is 13.5. The summed E-state index contributed by atoms with van der Waals surface area (Å²) in [4.78, 5) is 2.10. The van der Waals surface area contributed by atoms with Gasteiger partial charge in [-0.25, -0.2) is 4.39 Å². The van der Waals surface area contributed by atoms with Crippen LogP contribution in [0, 0.1) is 5.82 Å². The summed E-state index contributed by atoms with van der Waals surface area (Å²) in [7, 11) is 3.65. The van der Waals surface area contributed by atoms with E-state index in [0.29, 0.717) is 13.2 Å². The van der Waals surface area contributed by atoms with Crippen molar-refractivity contribution < 1.29 is 9.13 Å². The van der Waals surface area contributed by atoms with Crippen molar-refractivity contribution in [1.82, 2.24) is 4.90 Å². The standard InChI is InChI=1S/C13H20ClFN2O/c1-17(6-3-7-18-2)13(9-16)10-4-5-11(14)12(15)8-10/h4-5,8,13H,3,6-7,9,16H2,1-2H3. The molecule has 0 fully saturated rings. The molecule has 5 heteroatoms. The maximum absolute atomic E-state index is 13.4. The minimum absolute atomic E-state index is 0.00590. The van der Waals surface area contributed by atoms with Crippen molar-refractivity contribution in [2.45, 2.75) is 12.5 Å². The summed E-state index contributed by atoms with van der Waals surface area (Å²) < 4.78 is 18.4. The van der Waals surface area contributed by atoms with Crippen LogP contribution in [0.15, 0.2) is 18.2 Å². The Morgan fingerprint density at radius 2 is 2.22 bits per heavy atom. The number of halogens is 2. The van der Waals surface area contributed by atoms with Crippen LogP contribution in [0.25, 0.3) is 0 Å². The fraction of sp³-hybridized carbons (Fsp3) is 0.538. The summed E-state index contributed by atoms with van der Waals surface area (Å²) in [6.45, 7) is 1.99. The molecular formula is C13H20ClFN2O. The van der Waals surface area contributed by atoms with E-state index in [0.717, 1.165) is 18.5 Å². The van der Waals surface area contributed by atoms with Crippen LogP contribution in [0.2, 0.25) is 5.02 Å². The average molecular weight is 275 g/mol. The molecule has 0 saturated carbocycles. The van der Waals surface area contributed by atoms with Crippen LogP contribution in [0.3, 0.4) is 0 Å². The summed E-state index contributed by atoms with van der Waals surface area (Å²) in [6.07, 6.45) is 0.916. The molecule has 0 aliphatic carbocycles. The number of rotatable bonds is 7. The van der Waals surface area contributed by atoms with E-state index in [1.54, 1.807) is 13.2 Å². The van der Waals surface area contributed by atoms with Gasteiger partial charge in [0.25, 0.3) is 0 Å². The Bertz CT molecular complexity index is 376. The Hall–Kier alpha value is -0.680. The summed E-state index contributed by atoms with van der Waals surface area (Å²) >= 11 is 5.67. The third kappa shape index (κ3) is 4.21. The van der Waals surface area contributed by atoms with Gasteiger partial charge in [-0.2, -0.15) is 0 Å². The number of benzene rings is 1. The zero-order valence-corrected chi connectivity index (χ0v) is 11.6. The molecule has 0 saturated heterocycles. The van der Waals surface area contributed by atoms with E-state index in [4.69, 9.17) is 22.1 Å². The Morgan fingerprint density at radius 1 is 1.50 bits per heavy atom. The molecule has 1 rings (SSSR count). The predicted octanol–water partition coefficient (Wildman–Crippen LogP) is 2.45. The maximum atomic E-state index is 13.4. The summed E-state index contributed by atoms with van der Waals surface area (Å²) in [5, 5.41) is 0.136. The molecule has 0 heterocycles. The molecule has 18 heavy (non-hydrogen) atoms. The van der Waals surface area contributed by atoms with E-state index in [1.165, 1.54) is 6.07 Å². The quantitative estimate of drug-likeness (QED) is 0.776. The highest BCUT2D eigenvalue weighted by atomic mass is 35.5. The van der Waals surface area contributed by atoms with Crippen LogP contribution in [-0.2, 0) is 4.74 Å². The van der Waals surface area contributed by atoms with Crippen LogP contribution in [0.5, 0.6) is 0 Å². The second-order valence-corrected chi connectivity index (χ2v) is 4.66. The number of hydrogen-bond donors (Lipinski definition) is 1. The van der Waals surface area contributed by atoms with Gasteiger partial charge < -0.3 is 10.5 Å². The minimum Gasteiger partial charge on any atom is -0.385 e. The van der Waals surface area contributed by atoms with Gasteiger partial charge in [0.15, 0.2) is 0 Å². The van der Waals surface area contributed by atoms with Gasteiger partial charge >= 0.3 is 0 Å². The lowest BCUT2D eigenvalue weighted by atomic mass is 10.1. The van der Waals surface area contributed by atoms with Gasteiger partial charge in [0.1, 0.15) is 5.82 Å². The first-order valence-electron chi connectivity index (χ1n) is 5.94. The van der Waals surface area contributed by atoms with E-state index in [2.05, 4.69) is 4.90 Å². The van der Waals surface area contributed by atoms with E-state index in [-0.39, 0.29) is 11.1 Å². The smallest absolute Gasteiger partial charge is 0.142 e. The first-order chi connectivity index (χ1) is 8.60. The molecule has 0 amide bonds. The number of nitrogens with zero attached hydrogens (tertiary/aromatic N) is 1. The molecule has 0 aliphatic rings. The zero-order valence-electron chi connectivity index (χ0n) is 10.8. The fourth-order valence-corrected chi connectivity index (χ4v) is 2.02. The minimum atomic E-state index is -0.405. The van der Waals surface area contributed by atoms with Crippen LogP contribution in [0.4, 0.5) is 4.39 Å². The van der Waals surface area contributed by atoms with E-state index >= 15 is 0 Å². The van der Waals surface area contributed by atoms with Gasteiger partial charge in [0.05, 0.1) is 5.02 Å². The fourth-order valence-electron chi connectivity index (χ4n) is 1.90. The van der Waals surface area contributed by atoms with Crippen molar-refractivity contribution in [2.75, 3.05) is 33.9 Å². The first-order valence-corrected chi connectivity index (χ1v) is 6.32. The van der Waals surface area contributed by atoms with E-state index < -0.39 is 5.82 Å². The van der Waals surface area contributed by atoms with Gasteiger partial charge in [-0.05, 0) is 31.2 Å². The normalized spacial score (nSPS) is 13.0. The SMILES string of the molecule is COCCCN(C)C(CN)c1ccc(Cl)c(F)c1. The largest absolute Gasteiger partial charge is 0.385 e. The second-order valence-electron chi connectivity index (χ2n) is 4.25. The molecule has 0 radical (unpaired) electrons. The summed E-state index contributed by atoms with van der Waals surface area (Å²) in [6, 6.07) is 4.83. The Balaban J connectivity index is 2.72. The van der Waals surface area contributed by atoms with Crippen molar-refractivity contribution in [2.24, 2.45) is 5.73 Å². The molecule has 102 valence electrons. The lowest BCUT2D eigenvalue weighted by Crippen LogP contribution is -2.31. The molecule has 0 aliphatic heterocycles. The highest BCUT2D eigenvalue weighted by Crippen LogP contribution is 2.23. The van der Waals surface area contributed by atoms with Crippen LogP contribution < -0.4 is 5.73 Å². The van der Waals surface area contributed by atoms with E-state index in [1.807, 2.05) is 13.1 Å². The van der Waals surface area contributed by atoms with Crippen LogP contribution in [-0.4, -0.2) is 38.8 Å². The van der Waals surface area contributed by atoms with Crippen molar-refractivity contribution in [3.05, 3.63) is 34.6 Å². The number of likely N-dealkylation sites (N-methyl/N-ethyl adjacent to an activating group) is 1. The molecule has 0 spiro atoms. The van der Waals surface area contributed by atoms with Crippen molar-refractivity contribution in [3.63, 3.8) is 0 Å². The molecule has 0 bridgehead atoms. The molecule has 1 atom stereocenters. The highest BCUT2D eigenvalue weighted by molar-refractivity contribution is 6.30. The Labute approximate surface area is 113 Å². The molecule has 1 aromatic rings. The van der Waals surface area contributed by atoms with Gasteiger partial charge in [0, 0.05) is 32.8 Å². The van der Waals surface area contributed by atoms with Gasteiger partial charge in [-0.1, -0.05) is 17.7 Å². The third-order valence-corrected chi connectivity index (χ3v) is 3.25. The number of hydrogen-bond acceptors (Lipinski definition) is 3. The second kappa shape index (κ2) is 7.69. The predicted molar refractivity (Wildman–Crippen MR) is 72.3 cm³/mol. The van der Waals surface area contributed by atoms with Crippen LogP contribution >= 0.6 is 11.6 Å². The van der Waals surface area contributed by atoms with Gasteiger partial charge in [-0.15, -0.1) is 0 Å². The molecule has 1 aromatic carbocycles. The number of ether oxygens (including phenoxy) is 1. The first kappa shape index (κ1) is 15.4. The van der Waals surface area contributed by atoms with Crippen molar-refractivity contribution in [1.29, 1.82) is 0 Å². The molecular weight excluding hydrogens is 255 g/mol. The lowest BCUT2D eigenvalue weighted by molar-refractivity contribution is 0.166. The Kier molecular flexibility index (Phi) is 6.57. The highest BCUT2D eigenvalue weighted by Gasteiger charge is 2.16. The van der Waals surface area contributed by atoms with Gasteiger partial charge in [0.2, 0.25) is 0 Å². The topological polar surface area (TPSA) is 38.5 Å². The third-order valence-electron chi connectivity index (χ3n) is 2.94. The number of methoxy groups -OCH3 is 1. The number of nitrogens with two attached hydrogens (primary N) is 1. The molecule has 1 unspecified atom stereocenters. The van der Waals surface area contributed by atoms with Crippen LogP contribution in [0.1, 0.15) is 18.0 Å².